The number of hydrogen-bond donors (Lipinski definition) is 0. The summed E-state index contributed by atoms with van der Waals surface area (Å²) in [5.74, 6) is 0. The van der Waals surface area contributed by atoms with Crippen molar-refractivity contribution in [3.8, 4) is 0 Å². The third kappa shape index (κ3) is 24.4. The Bertz CT molecular complexity index is 84.7. The summed E-state index contributed by atoms with van der Waals surface area (Å²) in [5.41, 5.74) is 0. The second-order valence-electron chi connectivity index (χ2n) is 4.83. The fraction of sp³-hybridized carbons (Fsp3) is 1.00. The number of rotatable bonds is 10. The fourth-order valence-electron chi connectivity index (χ4n) is 1.71. The second-order valence-corrected chi connectivity index (χ2v) is 4.83. The molecule has 0 N–H and O–H groups in total. The molecule has 0 aliphatic carbocycles. The molecule has 88 valence electrons. The van der Waals surface area contributed by atoms with E-state index in [0.717, 1.165) is 0 Å². The van der Waals surface area contributed by atoms with Gasteiger partial charge in [-0.25, -0.2) is 0 Å². The van der Waals surface area contributed by atoms with Crippen LogP contribution in [0.4, 0.5) is 0 Å². The topological polar surface area (TPSA) is 0 Å². The molecule has 2 heteroatoms. The van der Waals surface area contributed by atoms with Crippen LogP contribution in [0.15, 0.2) is 0 Å². The van der Waals surface area contributed by atoms with Crippen molar-refractivity contribution >= 4 is 35.4 Å². The van der Waals surface area contributed by atoms with Crippen LogP contribution < -0.4 is 0 Å². The summed E-state index contributed by atoms with van der Waals surface area (Å²) < 4.78 is 0. The van der Waals surface area contributed by atoms with Gasteiger partial charge in [0.25, 0.3) is 0 Å². The molecule has 0 atom stereocenters. The van der Waals surface area contributed by atoms with E-state index in [9.17, 15) is 0 Å². The van der Waals surface area contributed by atoms with Crippen molar-refractivity contribution in [2.24, 2.45) is 0 Å². The molecule has 0 aromatic carbocycles. The first kappa shape index (κ1) is 19.5. The van der Waals surface area contributed by atoms with E-state index in [2.05, 4.69) is 49.3 Å². The van der Waals surface area contributed by atoms with Gasteiger partial charge in [0.1, 0.15) is 0 Å². The van der Waals surface area contributed by atoms with Crippen molar-refractivity contribution in [3.05, 3.63) is 0 Å². The van der Waals surface area contributed by atoms with Gasteiger partial charge in [0.2, 0.25) is 0 Å². The van der Waals surface area contributed by atoms with Crippen LogP contribution in [-0.4, -0.2) is 35.4 Å². The second kappa shape index (κ2) is 21.5. The minimum atomic E-state index is 1.36. The molecular formula is C14H30Li2. The third-order valence-electron chi connectivity index (χ3n) is 2.91. The van der Waals surface area contributed by atoms with Gasteiger partial charge in [0.15, 0.2) is 0 Å². The molecule has 0 saturated carbocycles. The van der Waals surface area contributed by atoms with Crippen LogP contribution >= 0.6 is 0 Å². The number of unbranched alkanes of at least 4 members (excludes halogenated alkanes) is 8. The van der Waals surface area contributed by atoms with E-state index in [1.165, 1.54) is 74.4 Å². The van der Waals surface area contributed by atoms with Crippen molar-refractivity contribution in [1.29, 1.82) is 0 Å². The average Bonchev–Trinajstić information content (AvgIpc) is 2.31. The normalized spacial score (nSPS) is 9.88. The van der Waals surface area contributed by atoms with Crippen LogP contribution in [0.3, 0.4) is 0 Å². The Balaban J connectivity index is 0. The van der Waals surface area contributed by atoms with Crippen molar-refractivity contribution in [2.75, 3.05) is 0 Å². The summed E-state index contributed by atoms with van der Waals surface area (Å²) in [7, 11) is 0. The molecule has 0 saturated heterocycles. The Morgan fingerprint density at radius 2 is 0.812 bits per heavy atom. The Morgan fingerprint density at radius 1 is 0.500 bits per heavy atom. The van der Waals surface area contributed by atoms with Gasteiger partial charge in [0.05, 0.1) is 0 Å². The maximum absolute atomic E-state index is 2.26. The van der Waals surface area contributed by atoms with Gasteiger partial charge >= 0.3 is 124 Å². The van der Waals surface area contributed by atoms with Crippen LogP contribution in [-0.2, 0) is 0 Å². The van der Waals surface area contributed by atoms with Crippen LogP contribution in [0.2, 0.25) is 10.2 Å². The summed E-state index contributed by atoms with van der Waals surface area (Å²) in [6, 6.07) is 0. The van der Waals surface area contributed by atoms with Gasteiger partial charge in [-0.2, -0.15) is 0 Å². The van der Waals surface area contributed by atoms with E-state index < -0.39 is 0 Å². The minimum absolute atomic E-state index is 1.36. The molecule has 0 spiro atoms. The van der Waals surface area contributed by atoms with E-state index in [-0.39, 0.29) is 0 Å². The number of hydrogen-bond acceptors (Lipinski definition) is 0. The average molecular weight is 212 g/mol. The van der Waals surface area contributed by atoms with E-state index in [0.29, 0.717) is 0 Å². The molecule has 16 heavy (non-hydrogen) atoms. The summed E-state index contributed by atoms with van der Waals surface area (Å²) in [6.07, 6.45) is 14.3. The van der Waals surface area contributed by atoms with Crippen molar-refractivity contribution in [2.45, 2.75) is 88.2 Å². The molecule has 0 unspecified atom stereocenters. The predicted octanol–water partition coefficient (Wildman–Crippen LogP) is 5.09. The molecule has 0 amide bonds. The molecule has 0 radical (unpaired) electrons. The molecule has 0 bridgehead atoms. The van der Waals surface area contributed by atoms with Gasteiger partial charge in [-0.3, -0.25) is 0 Å². The summed E-state index contributed by atoms with van der Waals surface area (Å²) >= 11 is 4.51. The Hall–Kier alpha value is 1.19. The molecule has 0 rings (SSSR count). The van der Waals surface area contributed by atoms with Gasteiger partial charge in [0, 0.05) is 0 Å². The van der Waals surface area contributed by atoms with Crippen LogP contribution in [0, 0.1) is 0 Å². The van der Waals surface area contributed by atoms with Gasteiger partial charge in [-0.05, 0) is 0 Å². The van der Waals surface area contributed by atoms with E-state index in [1.807, 2.05) is 0 Å². The van der Waals surface area contributed by atoms with Crippen molar-refractivity contribution in [1.82, 2.24) is 0 Å². The van der Waals surface area contributed by atoms with Gasteiger partial charge in [-0.1, -0.05) is 0 Å². The third-order valence-corrected chi connectivity index (χ3v) is 2.91. The van der Waals surface area contributed by atoms with E-state index >= 15 is 0 Å². The Labute approximate surface area is 123 Å². The predicted molar refractivity (Wildman–Crippen MR) is 78.6 cm³/mol. The van der Waals surface area contributed by atoms with Gasteiger partial charge < -0.3 is 0 Å². The van der Waals surface area contributed by atoms with Crippen molar-refractivity contribution in [3.63, 3.8) is 0 Å². The van der Waals surface area contributed by atoms with Gasteiger partial charge in [-0.15, -0.1) is 0 Å². The Morgan fingerprint density at radius 3 is 1.19 bits per heavy atom. The maximum atomic E-state index is 2.26. The summed E-state index contributed by atoms with van der Waals surface area (Å²) in [4.78, 5) is 0. The quantitative estimate of drug-likeness (QED) is 0.349. The molecule has 0 fully saturated rings. The van der Waals surface area contributed by atoms with Crippen LogP contribution in [0.5, 0.6) is 0 Å². The first-order chi connectivity index (χ1) is 7.83. The molecule has 0 aromatic rings. The molecule has 0 aliphatic rings. The standard InChI is InChI=1S/C8H17.C6H13.2Li/c1-3-5-7-8-6-4-2;1-3-5-6-4-2;;/h1,3-8H2,2H3;1,3-6H2,2H3;;. The monoisotopic (exact) mass is 212 g/mol. The zero-order valence-electron chi connectivity index (χ0n) is 12.5. The zero-order valence-corrected chi connectivity index (χ0v) is 12.5. The fourth-order valence-corrected chi connectivity index (χ4v) is 1.71. The Kier molecular flexibility index (Phi) is 26.2. The van der Waals surface area contributed by atoms with Crippen LogP contribution in [0.1, 0.15) is 78.1 Å². The van der Waals surface area contributed by atoms with E-state index in [1.54, 1.807) is 0 Å². The molecule has 0 nitrogen and oxygen atoms in total. The van der Waals surface area contributed by atoms with E-state index in [4.69, 9.17) is 0 Å². The van der Waals surface area contributed by atoms with Crippen molar-refractivity contribution < 1.29 is 0 Å². The first-order valence-electron chi connectivity index (χ1n) is 7.83. The zero-order chi connectivity index (χ0) is 12.5. The SMILES string of the molecule is [Li][CH2]CCCCC.[Li][CH2]CCCCCCC. The molecule has 0 aromatic heterocycles. The summed E-state index contributed by atoms with van der Waals surface area (Å²) in [5, 5.41) is 2.73. The first-order valence-corrected chi connectivity index (χ1v) is 7.83. The molecule has 0 heterocycles. The van der Waals surface area contributed by atoms with Crippen LogP contribution in [0.25, 0.3) is 0 Å². The summed E-state index contributed by atoms with van der Waals surface area (Å²) in [6.45, 7) is 4.51. The molecule has 0 aliphatic heterocycles. The molecular weight excluding hydrogens is 182 g/mol.